The highest BCUT2D eigenvalue weighted by Crippen LogP contribution is 2.08. The summed E-state index contributed by atoms with van der Waals surface area (Å²) in [6, 6.07) is 0. The second kappa shape index (κ2) is 3.96. The van der Waals surface area contributed by atoms with E-state index < -0.39 is 17.0 Å². The van der Waals surface area contributed by atoms with Gasteiger partial charge in [0.05, 0.1) is 5.54 Å². The summed E-state index contributed by atoms with van der Waals surface area (Å²) in [6.45, 7) is 6.49. The fourth-order valence-electron chi connectivity index (χ4n) is 0.649. The number of nitrogens with one attached hydrogen (secondary N) is 1. The highest BCUT2D eigenvalue weighted by Gasteiger charge is 2.33. The van der Waals surface area contributed by atoms with Gasteiger partial charge in [0.2, 0.25) is 11.8 Å². The summed E-state index contributed by atoms with van der Waals surface area (Å²) < 4.78 is 0. The lowest BCUT2D eigenvalue weighted by molar-refractivity contribution is -0.133. The Hall–Kier alpha value is -1.10. The van der Waals surface area contributed by atoms with Gasteiger partial charge in [0, 0.05) is 0 Å². The van der Waals surface area contributed by atoms with E-state index in [2.05, 4.69) is 5.32 Å². The van der Waals surface area contributed by atoms with Gasteiger partial charge in [-0.1, -0.05) is 6.92 Å². The number of hydrogen-bond acceptors (Lipinski definition) is 3. The standard InChI is InChI=1S/C9H19N3O2/c1-5-9(4,11)7(14)12-8(2,3)6(10)13/h5,11H2,1-4H3,(H2,10,13)(H,12,14). The summed E-state index contributed by atoms with van der Waals surface area (Å²) >= 11 is 0. The Morgan fingerprint density at radius 2 is 1.71 bits per heavy atom. The van der Waals surface area contributed by atoms with Crippen molar-refractivity contribution >= 4 is 11.8 Å². The minimum Gasteiger partial charge on any atom is -0.368 e. The zero-order chi connectivity index (χ0) is 11.6. The van der Waals surface area contributed by atoms with E-state index in [0.29, 0.717) is 6.42 Å². The third-order valence-corrected chi connectivity index (χ3v) is 2.30. The van der Waals surface area contributed by atoms with Crippen LogP contribution in [0.3, 0.4) is 0 Å². The van der Waals surface area contributed by atoms with E-state index in [-0.39, 0.29) is 5.91 Å². The molecular formula is C9H19N3O2. The van der Waals surface area contributed by atoms with Crippen molar-refractivity contribution in [2.75, 3.05) is 0 Å². The highest BCUT2D eigenvalue weighted by molar-refractivity contribution is 5.93. The molecule has 0 saturated carbocycles. The molecule has 0 aliphatic heterocycles. The van der Waals surface area contributed by atoms with E-state index in [4.69, 9.17) is 11.5 Å². The van der Waals surface area contributed by atoms with Gasteiger partial charge in [-0.05, 0) is 27.2 Å². The van der Waals surface area contributed by atoms with E-state index in [1.54, 1.807) is 27.7 Å². The summed E-state index contributed by atoms with van der Waals surface area (Å²) in [7, 11) is 0. The topological polar surface area (TPSA) is 98.2 Å². The van der Waals surface area contributed by atoms with Crippen LogP contribution in [-0.4, -0.2) is 22.9 Å². The number of rotatable bonds is 4. The van der Waals surface area contributed by atoms with E-state index in [0.717, 1.165) is 0 Å². The number of carbonyl (C=O) groups is 2. The lowest BCUT2D eigenvalue weighted by Gasteiger charge is -2.28. The minimum atomic E-state index is -1.06. The number of nitrogens with two attached hydrogens (primary N) is 2. The van der Waals surface area contributed by atoms with Crippen LogP contribution >= 0.6 is 0 Å². The first-order valence-corrected chi connectivity index (χ1v) is 4.55. The van der Waals surface area contributed by atoms with Gasteiger partial charge in [-0.25, -0.2) is 0 Å². The second-order valence-electron chi connectivity index (χ2n) is 4.21. The van der Waals surface area contributed by atoms with Gasteiger partial charge in [0.1, 0.15) is 5.54 Å². The molecule has 0 bridgehead atoms. The van der Waals surface area contributed by atoms with Crippen molar-refractivity contribution in [3.63, 3.8) is 0 Å². The molecule has 0 rings (SSSR count). The van der Waals surface area contributed by atoms with Gasteiger partial charge in [-0.3, -0.25) is 9.59 Å². The molecule has 82 valence electrons. The van der Waals surface area contributed by atoms with Crippen LogP contribution in [0.2, 0.25) is 0 Å². The van der Waals surface area contributed by atoms with Crippen LogP contribution in [0.4, 0.5) is 0 Å². The second-order valence-corrected chi connectivity index (χ2v) is 4.21. The molecule has 0 spiro atoms. The quantitative estimate of drug-likeness (QED) is 0.571. The first-order chi connectivity index (χ1) is 6.13. The Bertz CT molecular complexity index is 246. The Morgan fingerprint density at radius 1 is 1.29 bits per heavy atom. The molecule has 0 aliphatic rings. The molecule has 1 atom stereocenters. The van der Waals surface area contributed by atoms with Gasteiger partial charge in [0.15, 0.2) is 0 Å². The van der Waals surface area contributed by atoms with Crippen LogP contribution in [-0.2, 0) is 9.59 Å². The van der Waals surface area contributed by atoms with E-state index in [9.17, 15) is 9.59 Å². The lowest BCUT2D eigenvalue weighted by atomic mass is 9.96. The summed E-state index contributed by atoms with van der Waals surface area (Å²) in [4.78, 5) is 22.5. The van der Waals surface area contributed by atoms with Crippen molar-refractivity contribution in [2.45, 2.75) is 45.2 Å². The summed E-state index contributed by atoms with van der Waals surface area (Å²) in [5, 5.41) is 2.51. The Kier molecular flexibility index (Phi) is 3.65. The monoisotopic (exact) mass is 201 g/mol. The van der Waals surface area contributed by atoms with Crippen LogP contribution in [0.25, 0.3) is 0 Å². The van der Waals surface area contributed by atoms with Crippen molar-refractivity contribution in [1.29, 1.82) is 0 Å². The van der Waals surface area contributed by atoms with E-state index in [1.165, 1.54) is 0 Å². The summed E-state index contributed by atoms with van der Waals surface area (Å²) in [5.41, 5.74) is 8.78. The lowest BCUT2D eigenvalue weighted by Crippen LogP contribution is -2.60. The molecular weight excluding hydrogens is 182 g/mol. The van der Waals surface area contributed by atoms with Crippen LogP contribution in [0.5, 0.6) is 0 Å². The maximum atomic E-state index is 11.6. The molecule has 1 unspecified atom stereocenters. The maximum Gasteiger partial charge on any atom is 0.242 e. The number of carbonyl (C=O) groups excluding carboxylic acids is 2. The fourth-order valence-corrected chi connectivity index (χ4v) is 0.649. The average Bonchev–Trinajstić information content (AvgIpc) is 2.03. The van der Waals surface area contributed by atoms with Gasteiger partial charge < -0.3 is 16.8 Å². The third-order valence-electron chi connectivity index (χ3n) is 2.30. The molecule has 0 aromatic heterocycles. The molecule has 0 saturated heterocycles. The van der Waals surface area contributed by atoms with Crippen LogP contribution in [0.15, 0.2) is 0 Å². The third kappa shape index (κ3) is 2.99. The van der Waals surface area contributed by atoms with Crippen LogP contribution in [0.1, 0.15) is 34.1 Å². The largest absolute Gasteiger partial charge is 0.368 e. The SMILES string of the molecule is CCC(C)(N)C(=O)NC(C)(C)C(N)=O. The predicted molar refractivity (Wildman–Crippen MR) is 54.3 cm³/mol. The van der Waals surface area contributed by atoms with Crippen molar-refractivity contribution in [3.8, 4) is 0 Å². The van der Waals surface area contributed by atoms with E-state index >= 15 is 0 Å². The average molecular weight is 201 g/mol. The van der Waals surface area contributed by atoms with Crippen LogP contribution in [0, 0.1) is 0 Å². The molecule has 5 N–H and O–H groups in total. The fraction of sp³-hybridized carbons (Fsp3) is 0.778. The molecule has 0 aliphatic carbocycles. The first kappa shape index (κ1) is 12.9. The molecule has 0 heterocycles. The maximum absolute atomic E-state index is 11.6. The van der Waals surface area contributed by atoms with Crippen molar-refractivity contribution in [3.05, 3.63) is 0 Å². The molecule has 0 aromatic carbocycles. The Labute approximate surface area is 84.2 Å². The first-order valence-electron chi connectivity index (χ1n) is 4.55. The van der Waals surface area contributed by atoms with E-state index in [1.807, 2.05) is 0 Å². The van der Waals surface area contributed by atoms with Gasteiger partial charge in [-0.15, -0.1) is 0 Å². The molecule has 0 radical (unpaired) electrons. The Morgan fingerprint density at radius 3 is 2.00 bits per heavy atom. The van der Waals surface area contributed by atoms with Gasteiger partial charge >= 0.3 is 0 Å². The molecule has 0 fully saturated rings. The van der Waals surface area contributed by atoms with Crippen molar-refractivity contribution < 1.29 is 9.59 Å². The molecule has 5 heteroatoms. The predicted octanol–water partition coefficient (Wildman–Crippen LogP) is -0.506. The number of hydrogen-bond donors (Lipinski definition) is 3. The smallest absolute Gasteiger partial charge is 0.242 e. The molecule has 0 aromatic rings. The zero-order valence-electron chi connectivity index (χ0n) is 9.18. The van der Waals surface area contributed by atoms with Crippen molar-refractivity contribution in [1.82, 2.24) is 5.32 Å². The highest BCUT2D eigenvalue weighted by atomic mass is 16.2. The minimum absolute atomic E-state index is 0.371. The number of primary amides is 1. The zero-order valence-corrected chi connectivity index (χ0v) is 9.18. The van der Waals surface area contributed by atoms with Crippen molar-refractivity contribution in [2.24, 2.45) is 11.5 Å². The van der Waals surface area contributed by atoms with Crippen LogP contribution < -0.4 is 16.8 Å². The normalized spacial score (nSPS) is 15.8. The molecule has 14 heavy (non-hydrogen) atoms. The summed E-state index contributed by atoms with van der Waals surface area (Å²) in [5.74, 6) is -0.957. The molecule has 2 amide bonds. The summed E-state index contributed by atoms with van der Waals surface area (Å²) in [6.07, 6.45) is 0.494. The number of amides is 2. The van der Waals surface area contributed by atoms with Gasteiger partial charge in [-0.2, -0.15) is 0 Å². The van der Waals surface area contributed by atoms with Gasteiger partial charge in [0.25, 0.3) is 0 Å². The molecule has 5 nitrogen and oxygen atoms in total. The Balaban J connectivity index is 4.56.